The van der Waals surface area contributed by atoms with Crippen molar-refractivity contribution in [2.75, 3.05) is 5.32 Å². The molecule has 3 aromatic rings. The molecule has 1 amide bonds. The Morgan fingerprint density at radius 3 is 2.56 bits per heavy atom. The van der Waals surface area contributed by atoms with Gasteiger partial charge in [0.05, 0.1) is 11.2 Å². The van der Waals surface area contributed by atoms with E-state index >= 15 is 0 Å². The third-order valence-electron chi connectivity index (χ3n) is 4.29. The maximum Gasteiger partial charge on any atom is 0.249 e. The number of anilines is 1. The Labute approximate surface area is 159 Å². The summed E-state index contributed by atoms with van der Waals surface area (Å²) in [5.74, 6) is 1.07. The second-order valence-electron chi connectivity index (χ2n) is 6.73. The molecular weight excluding hydrogens is 336 g/mol. The number of benzene rings is 1. The number of rotatable bonds is 4. The Morgan fingerprint density at radius 1 is 1.04 bits per heavy atom. The molecule has 0 saturated carbocycles. The van der Waals surface area contributed by atoms with Gasteiger partial charge in [-0.1, -0.05) is 29.9 Å². The Kier molecular flexibility index (Phi) is 5.21. The fraction of sp³-hybridized carbons (Fsp3) is 0.227. The van der Waals surface area contributed by atoms with Crippen LogP contribution < -0.4 is 5.32 Å². The number of nitrogens with zero attached hydrogens (tertiary/aromatic N) is 3. The number of hydrogen-bond donors (Lipinski definition) is 1. The van der Waals surface area contributed by atoms with Crippen molar-refractivity contribution in [2.45, 2.75) is 34.6 Å². The number of aryl methyl sites for hydroxylation is 4. The smallest absolute Gasteiger partial charge is 0.249 e. The van der Waals surface area contributed by atoms with Gasteiger partial charge in [-0.2, -0.15) is 9.78 Å². The van der Waals surface area contributed by atoms with Crippen molar-refractivity contribution in [1.29, 1.82) is 0 Å². The summed E-state index contributed by atoms with van der Waals surface area (Å²) in [5.41, 5.74) is 5.23. The van der Waals surface area contributed by atoms with E-state index in [2.05, 4.69) is 43.3 Å². The van der Waals surface area contributed by atoms with Crippen LogP contribution in [0, 0.1) is 27.7 Å². The van der Waals surface area contributed by atoms with Crippen molar-refractivity contribution in [3.8, 4) is 5.82 Å². The first-order valence-corrected chi connectivity index (χ1v) is 8.95. The van der Waals surface area contributed by atoms with Gasteiger partial charge in [0.15, 0.2) is 5.82 Å². The fourth-order valence-corrected chi connectivity index (χ4v) is 3.12. The molecule has 0 aliphatic rings. The number of nitrogens with one attached hydrogen (secondary N) is 1. The van der Waals surface area contributed by atoms with E-state index in [0.29, 0.717) is 11.6 Å². The molecular formula is C22H24N4O. The van der Waals surface area contributed by atoms with Gasteiger partial charge in [-0.05, 0) is 57.9 Å². The second kappa shape index (κ2) is 7.58. The van der Waals surface area contributed by atoms with Crippen LogP contribution in [0.4, 0.5) is 5.82 Å². The van der Waals surface area contributed by atoms with Crippen LogP contribution in [-0.4, -0.2) is 20.7 Å². The number of carbonyl (C=O) groups excluding carboxylic acids is 1. The van der Waals surface area contributed by atoms with Crippen LogP contribution in [0.15, 0.2) is 48.6 Å². The van der Waals surface area contributed by atoms with Crippen molar-refractivity contribution in [1.82, 2.24) is 14.8 Å². The summed E-state index contributed by atoms with van der Waals surface area (Å²) >= 11 is 0. The predicted octanol–water partition coefficient (Wildman–Crippen LogP) is 4.72. The van der Waals surface area contributed by atoms with E-state index in [1.54, 1.807) is 16.8 Å². The van der Waals surface area contributed by atoms with E-state index in [9.17, 15) is 4.79 Å². The highest BCUT2D eigenvalue weighted by molar-refractivity contribution is 5.99. The zero-order valence-corrected chi connectivity index (χ0v) is 16.4. The highest BCUT2D eigenvalue weighted by atomic mass is 16.1. The molecule has 1 aromatic carbocycles. The summed E-state index contributed by atoms with van der Waals surface area (Å²) < 4.78 is 1.68. The Morgan fingerprint density at radius 2 is 1.81 bits per heavy atom. The average molecular weight is 360 g/mol. The Balaban J connectivity index is 2.06. The van der Waals surface area contributed by atoms with Crippen LogP contribution in [0.1, 0.15) is 29.3 Å². The number of allylic oxidation sites excluding steroid dienone is 3. The van der Waals surface area contributed by atoms with Crippen LogP contribution in [0.3, 0.4) is 0 Å². The first-order chi connectivity index (χ1) is 12.9. The molecule has 0 bridgehead atoms. The molecule has 0 unspecified atom stereocenters. The van der Waals surface area contributed by atoms with E-state index < -0.39 is 0 Å². The van der Waals surface area contributed by atoms with Gasteiger partial charge in [0, 0.05) is 17.5 Å². The lowest BCUT2D eigenvalue weighted by Gasteiger charge is -2.12. The molecule has 1 N–H and O–H groups in total. The maximum absolute atomic E-state index is 12.2. The van der Waals surface area contributed by atoms with Gasteiger partial charge in [0.25, 0.3) is 0 Å². The molecule has 2 aromatic heterocycles. The third kappa shape index (κ3) is 3.97. The first kappa shape index (κ1) is 18.6. The van der Waals surface area contributed by atoms with Crippen LogP contribution in [0.5, 0.6) is 0 Å². The number of carbonyl (C=O) groups is 1. The molecule has 0 aliphatic heterocycles. The van der Waals surface area contributed by atoms with E-state index in [1.165, 1.54) is 11.6 Å². The van der Waals surface area contributed by atoms with Crippen LogP contribution in [0.25, 0.3) is 16.7 Å². The molecule has 138 valence electrons. The number of fused-ring (bicyclic) bond motifs is 1. The highest BCUT2D eigenvalue weighted by Crippen LogP contribution is 2.25. The largest absolute Gasteiger partial charge is 0.307 e. The normalized spacial score (nSPS) is 11.7. The molecule has 2 heterocycles. The first-order valence-electron chi connectivity index (χ1n) is 8.95. The fourth-order valence-electron chi connectivity index (χ4n) is 3.12. The number of aromatic nitrogens is 3. The highest BCUT2D eigenvalue weighted by Gasteiger charge is 2.13. The molecule has 0 radical (unpaired) electrons. The quantitative estimate of drug-likeness (QED) is 0.541. The number of amides is 1. The minimum atomic E-state index is -0.210. The Hall–Kier alpha value is -3.21. The van der Waals surface area contributed by atoms with Crippen LogP contribution in [-0.2, 0) is 4.79 Å². The summed E-state index contributed by atoms with van der Waals surface area (Å²) in [6.07, 6.45) is 6.86. The van der Waals surface area contributed by atoms with Crippen molar-refractivity contribution in [3.05, 3.63) is 71.0 Å². The number of pyridine rings is 1. The number of hydrogen-bond acceptors (Lipinski definition) is 3. The summed E-state index contributed by atoms with van der Waals surface area (Å²) in [6, 6.07) is 8.11. The molecule has 3 rings (SSSR count). The minimum absolute atomic E-state index is 0.210. The average Bonchev–Trinajstić information content (AvgIpc) is 2.96. The molecule has 0 fully saturated rings. The van der Waals surface area contributed by atoms with Crippen molar-refractivity contribution >= 4 is 22.6 Å². The summed E-state index contributed by atoms with van der Waals surface area (Å²) in [7, 11) is 0. The monoisotopic (exact) mass is 360 g/mol. The molecule has 5 heteroatoms. The van der Waals surface area contributed by atoms with Gasteiger partial charge in [0.2, 0.25) is 5.91 Å². The maximum atomic E-state index is 12.2. The lowest BCUT2D eigenvalue weighted by Crippen LogP contribution is -2.13. The molecule has 27 heavy (non-hydrogen) atoms. The zero-order valence-electron chi connectivity index (χ0n) is 16.4. The van der Waals surface area contributed by atoms with Crippen molar-refractivity contribution in [2.24, 2.45) is 0 Å². The molecule has 0 atom stereocenters. The molecule has 0 aliphatic carbocycles. The zero-order chi connectivity index (χ0) is 19.6. The van der Waals surface area contributed by atoms with E-state index in [0.717, 1.165) is 27.7 Å². The van der Waals surface area contributed by atoms with Gasteiger partial charge in [-0.15, -0.1) is 0 Å². The molecule has 0 spiro atoms. The predicted molar refractivity (Wildman–Crippen MR) is 110 cm³/mol. The SMILES string of the molecule is C/C=C/C=C/C(=O)Nc1cc(C)nn1-c1cc(C)c2cc(C)cc(C)c2n1. The lowest BCUT2D eigenvalue weighted by atomic mass is 10.0. The minimum Gasteiger partial charge on any atom is -0.307 e. The van der Waals surface area contributed by atoms with E-state index in [1.807, 2.05) is 32.1 Å². The van der Waals surface area contributed by atoms with Gasteiger partial charge in [-0.3, -0.25) is 4.79 Å². The van der Waals surface area contributed by atoms with Crippen LogP contribution >= 0.6 is 0 Å². The lowest BCUT2D eigenvalue weighted by molar-refractivity contribution is -0.111. The topological polar surface area (TPSA) is 59.8 Å². The van der Waals surface area contributed by atoms with Gasteiger partial charge >= 0.3 is 0 Å². The van der Waals surface area contributed by atoms with Crippen molar-refractivity contribution in [3.63, 3.8) is 0 Å². The summed E-state index contributed by atoms with van der Waals surface area (Å²) in [6.45, 7) is 10.0. The summed E-state index contributed by atoms with van der Waals surface area (Å²) in [5, 5.41) is 8.55. The van der Waals surface area contributed by atoms with Gasteiger partial charge in [-0.25, -0.2) is 4.98 Å². The van der Waals surface area contributed by atoms with Crippen LogP contribution in [0.2, 0.25) is 0 Å². The van der Waals surface area contributed by atoms with Crippen molar-refractivity contribution < 1.29 is 4.79 Å². The molecule has 5 nitrogen and oxygen atoms in total. The van der Waals surface area contributed by atoms with E-state index in [-0.39, 0.29) is 5.91 Å². The van der Waals surface area contributed by atoms with E-state index in [4.69, 9.17) is 4.98 Å². The second-order valence-corrected chi connectivity index (χ2v) is 6.73. The summed E-state index contributed by atoms with van der Waals surface area (Å²) in [4.78, 5) is 17.0. The van der Waals surface area contributed by atoms with Gasteiger partial charge < -0.3 is 5.32 Å². The Bertz CT molecular complexity index is 1070. The molecule has 0 saturated heterocycles. The standard InChI is InChI=1S/C22H24N4O/c1-6-7-8-9-21(27)23-20-13-17(5)25-26(20)19-12-15(3)18-11-14(2)10-16(4)22(18)24-19/h6-13H,1-5H3,(H,23,27)/b7-6+,9-8+. The third-order valence-corrected chi connectivity index (χ3v) is 4.29. The van der Waals surface area contributed by atoms with Gasteiger partial charge in [0.1, 0.15) is 5.82 Å².